The van der Waals surface area contributed by atoms with E-state index in [1.165, 1.54) is 12.1 Å². The van der Waals surface area contributed by atoms with Crippen LogP contribution >= 0.6 is 11.6 Å². The van der Waals surface area contributed by atoms with Crippen LogP contribution in [0.3, 0.4) is 0 Å². The van der Waals surface area contributed by atoms with Crippen LogP contribution in [0.4, 0.5) is 0 Å². The van der Waals surface area contributed by atoms with Gasteiger partial charge in [0, 0.05) is 16.0 Å². The van der Waals surface area contributed by atoms with E-state index in [1.807, 2.05) is 6.92 Å². The first-order valence-corrected chi connectivity index (χ1v) is 10.9. The van der Waals surface area contributed by atoms with Gasteiger partial charge in [-0.25, -0.2) is 4.79 Å². The molecule has 0 fully saturated rings. The first-order valence-electron chi connectivity index (χ1n) is 9.04. The molecule has 1 aromatic heterocycles. The maximum absolute atomic E-state index is 13.0. The van der Waals surface area contributed by atoms with Crippen molar-refractivity contribution in [1.29, 1.82) is 0 Å². The lowest BCUT2D eigenvalue weighted by molar-refractivity contribution is 0.559. The molecule has 30 heavy (non-hydrogen) atoms. The van der Waals surface area contributed by atoms with Crippen molar-refractivity contribution in [3.63, 3.8) is 0 Å². The van der Waals surface area contributed by atoms with Gasteiger partial charge in [0.2, 0.25) is 0 Å². The van der Waals surface area contributed by atoms with Crippen LogP contribution in [0.25, 0.3) is 11.0 Å². The Morgan fingerprint density at radius 3 is 2.30 bits per heavy atom. The summed E-state index contributed by atoms with van der Waals surface area (Å²) in [6, 6.07) is 21.4. The van der Waals surface area contributed by atoms with Crippen molar-refractivity contribution < 1.29 is 12.8 Å². The van der Waals surface area contributed by atoms with Crippen LogP contribution < -0.4 is 5.63 Å². The Morgan fingerprint density at radius 1 is 0.933 bits per heavy atom. The standard InChI is InChI=1S/C23H16ClNO4S/c1-15-6-12-19(13-7-15)30(27,28)25-22(16-8-10-18(24)11-9-16)20-14-17-4-2-3-5-21(17)29-23(20)26/h2-14H,1H3/b25-22+. The van der Waals surface area contributed by atoms with Gasteiger partial charge >= 0.3 is 5.63 Å². The third-order valence-electron chi connectivity index (χ3n) is 4.54. The van der Waals surface area contributed by atoms with Crippen LogP contribution in [-0.2, 0) is 10.0 Å². The zero-order valence-corrected chi connectivity index (χ0v) is 17.4. The second kappa shape index (κ2) is 7.89. The van der Waals surface area contributed by atoms with E-state index in [0.717, 1.165) is 5.56 Å². The first kappa shape index (κ1) is 20.1. The molecule has 7 heteroatoms. The lowest BCUT2D eigenvalue weighted by Gasteiger charge is -2.08. The quantitative estimate of drug-likeness (QED) is 0.333. The Kier molecular flexibility index (Phi) is 5.28. The van der Waals surface area contributed by atoms with E-state index >= 15 is 0 Å². The Morgan fingerprint density at radius 2 is 1.60 bits per heavy atom. The summed E-state index contributed by atoms with van der Waals surface area (Å²) in [5.41, 5.74) is 1.12. The summed E-state index contributed by atoms with van der Waals surface area (Å²) in [5.74, 6) is 0. The number of benzene rings is 3. The van der Waals surface area contributed by atoms with Crippen LogP contribution in [-0.4, -0.2) is 14.1 Å². The third-order valence-corrected chi connectivity index (χ3v) is 6.09. The Bertz CT molecular complexity index is 1420. The fourth-order valence-electron chi connectivity index (χ4n) is 2.98. The summed E-state index contributed by atoms with van der Waals surface area (Å²) in [6.07, 6.45) is 0. The number of hydrogen-bond donors (Lipinski definition) is 0. The normalized spacial score (nSPS) is 12.3. The highest BCUT2D eigenvalue weighted by molar-refractivity contribution is 7.90. The molecule has 0 saturated heterocycles. The fourth-order valence-corrected chi connectivity index (χ4v) is 4.13. The van der Waals surface area contributed by atoms with Gasteiger partial charge in [0.25, 0.3) is 10.0 Å². The molecule has 4 aromatic rings. The first-order chi connectivity index (χ1) is 14.3. The molecule has 0 atom stereocenters. The molecular formula is C23H16ClNO4S. The highest BCUT2D eigenvalue weighted by Gasteiger charge is 2.20. The number of sulfonamides is 1. The van der Waals surface area contributed by atoms with Crippen LogP contribution in [0.15, 0.2) is 97.4 Å². The Hall–Kier alpha value is -3.22. The molecule has 0 radical (unpaired) electrons. The molecule has 3 aromatic carbocycles. The molecule has 4 rings (SSSR count). The number of rotatable bonds is 4. The fraction of sp³-hybridized carbons (Fsp3) is 0.0435. The van der Waals surface area contributed by atoms with E-state index in [1.54, 1.807) is 66.7 Å². The van der Waals surface area contributed by atoms with Gasteiger partial charge in [0.15, 0.2) is 0 Å². The van der Waals surface area contributed by atoms with E-state index < -0.39 is 15.6 Å². The molecule has 150 valence electrons. The average Bonchev–Trinajstić information content (AvgIpc) is 2.73. The van der Waals surface area contributed by atoms with Crippen molar-refractivity contribution in [3.05, 3.63) is 111 Å². The lowest BCUT2D eigenvalue weighted by atomic mass is 10.0. The van der Waals surface area contributed by atoms with Crippen molar-refractivity contribution in [2.45, 2.75) is 11.8 Å². The van der Waals surface area contributed by atoms with Crippen molar-refractivity contribution in [2.24, 2.45) is 4.40 Å². The SMILES string of the molecule is Cc1ccc(S(=O)(=O)/N=C(\c2ccc(Cl)cc2)c2cc3ccccc3oc2=O)cc1. The molecule has 0 N–H and O–H groups in total. The van der Waals surface area contributed by atoms with Gasteiger partial charge in [-0.2, -0.15) is 12.8 Å². The van der Waals surface area contributed by atoms with E-state index in [-0.39, 0.29) is 16.2 Å². The summed E-state index contributed by atoms with van der Waals surface area (Å²) in [5, 5.41) is 1.13. The molecule has 0 bridgehead atoms. The van der Waals surface area contributed by atoms with Gasteiger partial charge in [-0.1, -0.05) is 59.6 Å². The molecule has 1 heterocycles. The van der Waals surface area contributed by atoms with Gasteiger partial charge < -0.3 is 4.42 Å². The topological polar surface area (TPSA) is 76.7 Å². The maximum Gasteiger partial charge on any atom is 0.345 e. The van der Waals surface area contributed by atoms with Crippen LogP contribution in [0.2, 0.25) is 5.02 Å². The smallest absolute Gasteiger partial charge is 0.345 e. The second-order valence-electron chi connectivity index (χ2n) is 6.72. The van der Waals surface area contributed by atoms with Gasteiger partial charge in [-0.05, 0) is 43.3 Å². The van der Waals surface area contributed by atoms with E-state index in [4.69, 9.17) is 16.0 Å². The Labute approximate surface area is 178 Å². The van der Waals surface area contributed by atoms with Crippen molar-refractivity contribution in [3.8, 4) is 0 Å². The number of nitrogens with zero attached hydrogens (tertiary/aromatic N) is 1. The van der Waals surface area contributed by atoms with Crippen LogP contribution in [0.5, 0.6) is 0 Å². The van der Waals surface area contributed by atoms with Crippen molar-refractivity contribution >= 4 is 38.3 Å². The van der Waals surface area contributed by atoms with Gasteiger partial charge in [-0.15, -0.1) is 0 Å². The summed E-state index contributed by atoms with van der Waals surface area (Å²) in [6.45, 7) is 1.86. The molecule has 0 aliphatic heterocycles. The van der Waals surface area contributed by atoms with Crippen LogP contribution in [0, 0.1) is 6.92 Å². The minimum Gasteiger partial charge on any atom is -0.422 e. The van der Waals surface area contributed by atoms with Gasteiger partial charge in [0.1, 0.15) is 5.58 Å². The molecule has 0 aliphatic carbocycles. The molecule has 0 saturated carbocycles. The zero-order chi connectivity index (χ0) is 21.3. The van der Waals surface area contributed by atoms with Gasteiger partial charge in [-0.3, -0.25) is 0 Å². The van der Waals surface area contributed by atoms with Gasteiger partial charge in [0.05, 0.1) is 16.2 Å². The number of halogens is 1. The van der Waals surface area contributed by atoms with E-state index in [2.05, 4.69) is 4.40 Å². The molecule has 0 spiro atoms. The molecule has 0 aliphatic rings. The largest absolute Gasteiger partial charge is 0.422 e. The second-order valence-corrected chi connectivity index (χ2v) is 8.76. The predicted octanol–water partition coefficient (Wildman–Crippen LogP) is 4.98. The number of aryl methyl sites for hydroxylation is 1. The lowest BCUT2D eigenvalue weighted by Crippen LogP contribution is -2.17. The predicted molar refractivity (Wildman–Crippen MR) is 118 cm³/mol. The van der Waals surface area contributed by atoms with Crippen molar-refractivity contribution in [2.75, 3.05) is 0 Å². The minimum absolute atomic E-state index is 0.00764. The summed E-state index contributed by atoms with van der Waals surface area (Å²) in [7, 11) is -4.08. The monoisotopic (exact) mass is 437 g/mol. The number of hydrogen-bond acceptors (Lipinski definition) is 4. The van der Waals surface area contributed by atoms with E-state index in [0.29, 0.717) is 21.6 Å². The number of para-hydroxylation sites is 1. The molecular weight excluding hydrogens is 422 g/mol. The molecule has 0 amide bonds. The highest BCUT2D eigenvalue weighted by Crippen LogP contribution is 2.21. The minimum atomic E-state index is -4.08. The average molecular weight is 438 g/mol. The highest BCUT2D eigenvalue weighted by atomic mass is 35.5. The summed E-state index contributed by atoms with van der Waals surface area (Å²) in [4.78, 5) is 12.7. The number of fused-ring (bicyclic) bond motifs is 1. The van der Waals surface area contributed by atoms with Crippen molar-refractivity contribution in [1.82, 2.24) is 0 Å². The maximum atomic E-state index is 13.0. The summed E-state index contributed by atoms with van der Waals surface area (Å²) < 4.78 is 35.4. The van der Waals surface area contributed by atoms with E-state index in [9.17, 15) is 13.2 Å². The third kappa shape index (κ3) is 4.06. The molecule has 5 nitrogen and oxygen atoms in total. The zero-order valence-electron chi connectivity index (χ0n) is 15.9. The van der Waals surface area contributed by atoms with Crippen LogP contribution in [0.1, 0.15) is 16.7 Å². The summed E-state index contributed by atoms with van der Waals surface area (Å²) >= 11 is 5.98. The molecule has 0 unspecified atom stereocenters. The Balaban J connectivity index is 1.97.